The molecule has 0 saturated carbocycles. The average Bonchev–Trinajstić information content (AvgIpc) is 2.47. The van der Waals surface area contributed by atoms with Crippen molar-refractivity contribution in [3.63, 3.8) is 0 Å². The molecule has 2 aliphatic rings. The fourth-order valence-corrected chi connectivity index (χ4v) is 5.38. The maximum Gasteiger partial charge on any atom is 0.140 e. The molecular formula is C17H21FO2S. The molecule has 1 aromatic carbocycles. The first kappa shape index (κ1) is 14.9. The van der Waals surface area contributed by atoms with E-state index < -0.39 is 0 Å². The molecule has 21 heavy (non-hydrogen) atoms. The lowest BCUT2D eigenvalue weighted by Crippen LogP contribution is -2.33. The maximum atomic E-state index is 13.4. The Morgan fingerprint density at radius 2 is 2.05 bits per heavy atom. The lowest BCUT2D eigenvalue weighted by atomic mass is 9.84. The fraction of sp³-hybridized carbons (Fsp3) is 0.588. The average molecular weight is 308 g/mol. The van der Waals surface area contributed by atoms with E-state index in [-0.39, 0.29) is 23.9 Å². The second-order valence-electron chi connectivity index (χ2n) is 6.08. The van der Waals surface area contributed by atoms with Gasteiger partial charge in [0.1, 0.15) is 17.3 Å². The molecule has 3 rings (SSSR count). The number of benzene rings is 1. The zero-order chi connectivity index (χ0) is 14.8. The first-order valence-electron chi connectivity index (χ1n) is 7.66. The number of methoxy groups -OCH3 is 1. The van der Waals surface area contributed by atoms with Crippen LogP contribution in [-0.4, -0.2) is 23.4 Å². The van der Waals surface area contributed by atoms with Crippen molar-refractivity contribution >= 4 is 17.5 Å². The van der Waals surface area contributed by atoms with Crippen molar-refractivity contribution < 1.29 is 13.9 Å². The third-order valence-electron chi connectivity index (χ3n) is 4.59. The standard InChI is InChI=1S/C17H21FO2S/c1-20-17-6-5-13(18)7-12(17)10-16(19)11-8-14-3-2-4-15(9-11)21-14/h5-7,11,14-15H,2-4,8-10H2,1H3. The Labute approximate surface area is 129 Å². The minimum absolute atomic E-state index is 0.148. The summed E-state index contributed by atoms with van der Waals surface area (Å²) in [7, 11) is 1.56. The zero-order valence-corrected chi connectivity index (χ0v) is 13.1. The lowest BCUT2D eigenvalue weighted by molar-refractivity contribution is -0.122. The SMILES string of the molecule is COc1ccc(F)cc1CC(=O)C1CC2CCCC(C1)S2. The van der Waals surface area contributed by atoms with Crippen molar-refractivity contribution in [2.75, 3.05) is 7.11 Å². The molecule has 0 aliphatic carbocycles. The number of thioether (sulfide) groups is 1. The van der Waals surface area contributed by atoms with E-state index in [1.165, 1.54) is 31.4 Å². The van der Waals surface area contributed by atoms with Gasteiger partial charge in [-0.15, -0.1) is 0 Å². The Balaban J connectivity index is 1.70. The van der Waals surface area contributed by atoms with Crippen LogP contribution in [0.1, 0.15) is 37.7 Å². The summed E-state index contributed by atoms with van der Waals surface area (Å²) in [6.45, 7) is 0. The summed E-state index contributed by atoms with van der Waals surface area (Å²) < 4.78 is 18.6. The highest BCUT2D eigenvalue weighted by Gasteiger charge is 2.35. The van der Waals surface area contributed by atoms with Crippen LogP contribution >= 0.6 is 11.8 Å². The monoisotopic (exact) mass is 308 g/mol. The zero-order valence-electron chi connectivity index (χ0n) is 12.3. The van der Waals surface area contributed by atoms with Crippen LogP contribution in [0.25, 0.3) is 0 Å². The predicted octanol–water partition coefficient (Wildman–Crippen LogP) is 4.01. The fourth-order valence-electron chi connectivity index (χ4n) is 3.54. The molecule has 0 N–H and O–H groups in total. The van der Waals surface area contributed by atoms with Gasteiger partial charge in [0.15, 0.2) is 0 Å². The summed E-state index contributed by atoms with van der Waals surface area (Å²) in [5.41, 5.74) is 0.672. The number of rotatable bonds is 4. The Morgan fingerprint density at radius 1 is 1.33 bits per heavy atom. The molecule has 0 amide bonds. The van der Waals surface area contributed by atoms with Gasteiger partial charge < -0.3 is 4.74 Å². The van der Waals surface area contributed by atoms with E-state index in [1.807, 2.05) is 0 Å². The van der Waals surface area contributed by atoms with Crippen LogP contribution < -0.4 is 4.74 Å². The van der Waals surface area contributed by atoms with Gasteiger partial charge in [-0.3, -0.25) is 4.79 Å². The largest absolute Gasteiger partial charge is 0.496 e. The topological polar surface area (TPSA) is 26.3 Å². The molecule has 2 aliphatic heterocycles. The van der Waals surface area contributed by atoms with Gasteiger partial charge in [-0.1, -0.05) is 6.42 Å². The molecule has 2 atom stereocenters. The van der Waals surface area contributed by atoms with Gasteiger partial charge in [-0.2, -0.15) is 11.8 Å². The van der Waals surface area contributed by atoms with Crippen LogP contribution in [0, 0.1) is 11.7 Å². The number of ketones is 1. The van der Waals surface area contributed by atoms with Crippen molar-refractivity contribution in [2.24, 2.45) is 5.92 Å². The third-order valence-corrected chi connectivity index (χ3v) is 6.22. The third kappa shape index (κ3) is 3.42. The van der Waals surface area contributed by atoms with Gasteiger partial charge >= 0.3 is 0 Å². The molecule has 2 nitrogen and oxygen atoms in total. The van der Waals surface area contributed by atoms with E-state index in [2.05, 4.69) is 11.8 Å². The van der Waals surface area contributed by atoms with E-state index in [0.717, 1.165) is 12.8 Å². The van der Waals surface area contributed by atoms with Crippen molar-refractivity contribution in [3.05, 3.63) is 29.6 Å². The normalized spacial score (nSPS) is 28.2. The molecule has 2 heterocycles. The molecular weight excluding hydrogens is 287 g/mol. The first-order valence-corrected chi connectivity index (χ1v) is 8.60. The van der Waals surface area contributed by atoms with Crippen LogP contribution in [0.2, 0.25) is 0 Å². The summed E-state index contributed by atoms with van der Waals surface area (Å²) in [5.74, 6) is 0.690. The van der Waals surface area contributed by atoms with Crippen molar-refractivity contribution in [2.45, 2.75) is 49.0 Å². The Morgan fingerprint density at radius 3 is 2.71 bits per heavy atom. The highest BCUT2D eigenvalue weighted by atomic mass is 32.2. The number of fused-ring (bicyclic) bond motifs is 2. The minimum atomic E-state index is -0.310. The Bertz CT molecular complexity index is 520. The van der Waals surface area contributed by atoms with Crippen molar-refractivity contribution in [1.82, 2.24) is 0 Å². The lowest BCUT2D eigenvalue weighted by Gasteiger charge is -2.38. The molecule has 2 bridgehead atoms. The van der Waals surface area contributed by atoms with E-state index in [0.29, 0.717) is 21.8 Å². The van der Waals surface area contributed by atoms with Crippen LogP contribution in [0.5, 0.6) is 5.75 Å². The quantitative estimate of drug-likeness (QED) is 0.840. The van der Waals surface area contributed by atoms with Gasteiger partial charge in [-0.05, 0) is 43.9 Å². The number of hydrogen-bond donors (Lipinski definition) is 0. The molecule has 2 unspecified atom stereocenters. The highest BCUT2D eigenvalue weighted by Crippen LogP contribution is 2.44. The van der Waals surface area contributed by atoms with E-state index in [1.54, 1.807) is 13.2 Å². The van der Waals surface area contributed by atoms with E-state index in [4.69, 9.17) is 4.74 Å². The molecule has 0 radical (unpaired) electrons. The number of halogens is 1. The summed E-state index contributed by atoms with van der Waals surface area (Å²) in [6, 6.07) is 4.40. The highest BCUT2D eigenvalue weighted by molar-refractivity contribution is 8.00. The number of hydrogen-bond acceptors (Lipinski definition) is 3. The van der Waals surface area contributed by atoms with Crippen molar-refractivity contribution in [1.29, 1.82) is 0 Å². The summed E-state index contributed by atoms with van der Waals surface area (Å²) in [4.78, 5) is 12.6. The summed E-state index contributed by atoms with van der Waals surface area (Å²) in [6.07, 6.45) is 6.08. The van der Waals surface area contributed by atoms with Gasteiger partial charge in [-0.25, -0.2) is 4.39 Å². The predicted molar refractivity (Wildman–Crippen MR) is 83.4 cm³/mol. The van der Waals surface area contributed by atoms with Gasteiger partial charge in [0.25, 0.3) is 0 Å². The van der Waals surface area contributed by atoms with Gasteiger partial charge in [0, 0.05) is 28.4 Å². The minimum Gasteiger partial charge on any atom is -0.496 e. The molecule has 0 aromatic heterocycles. The second-order valence-corrected chi connectivity index (χ2v) is 7.68. The molecule has 0 spiro atoms. The van der Waals surface area contributed by atoms with Crippen LogP contribution in [0.15, 0.2) is 18.2 Å². The van der Waals surface area contributed by atoms with Crippen LogP contribution in [0.3, 0.4) is 0 Å². The summed E-state index contributed by atoms with van der Waals surface area (Å²) in [5, 5.41) is 1.31. The molecule has 2 saturated heterocycles. The Hall–Kier alpha value is -1.03. The number of Topliss-reactive ketones (excluding diaryl/α,β-unsaturated/α-hetero) is 1. The maximum absolute atomic E-state index is 13.4. The molecule has 4 heteroatoms. The second kappa shape index (κ2) is 6.39. The number of carbonyl (C=O) groups is 1. The first-order chi connectivity index (χ1) is 10.2. The molecule has 114 valence electrons. The van der Waals surface area contributed by atoms with Crippen molar-refractivity contribution in [3.8, 4) is 5.75 Å². The van der Waals surface area contributed by atoms with E-state index >= 15 is 0 Å². The Kier molecular flexibility index (Phi) is 4.53. The molecule has 1 aromatic rings. The van der Waals surface area contributed by atoms with Crippen LogP contribution in [0.4, 0.5) is 4.39 Å². The summed E-state index contributed by atoms with van der Waals surface area (Å²) >= 11 is 2.07. The van der Waals surface area contributed by atoms with Gasteiger partial charge in [0.2, 0.25) is 0 Å². The number of ether oxygens (including phenoxy) is 1. The van der Waals surface area contributed by atoms with Gasteiger partial charge in [0.05, 0.1) is 7.11 Å². The van der Waals surface area contributed by atoms with E-state index in [9.17, 15) is 9.18 Å². The van der Waals surface area contributed by atoms with Crippen LogP contribution in [-0.2, 0) is 11.2 Å². The smallest absolute Gasteiger partial charge is 0.140 e. The number of carbonyl (C=O) groups excluding carboxylic acids is 1. The molecule has 2 fully saturated rings.